The summed E-state index contributed by atoms with van der Waals surface area (Å²) in [4.78, 5) is 8.25. The van der Waals surface area contributed by atoms with Crippen molar-refractivity contribution in [2.24, 2.45) is 5.14 Å². The van der Waals surface area contributed by atoms with Crippen LogP contribution in [0.5, 0.6) is 0 Å². The number of pyridine rings is 2. The van der Waals surface area contributed by atoms with Gasteiger partial charge in [-0.25, -0.2) is 18.5 Å². The molecular formula is C13H17N5O2S. The van der Waals surface area contributed by atoms with Crippen molar-refractivity contribution in [1.82, 2.24) is 9.97 Å². The van der Waals surface area contributed by atoms with Crippen LogP contribution in [0.4, 0.5) is 17.3 Å². The van der Waals surface area contributed by atoms with Crippen LogP contribution in [0.25, 0.3) is 0 Å². The largest absolute Gasteiger partial charge is 0.383 e. The Morgan fingerprint density at radius 1 is 1.29 bits per heavy atom. The Hall–Kier alpha value is -2.19. The Morgan fingerprint density at radius 2 is 2.05 bits per heavy atom. The van der Waals surface area contributed by atoms with Gasteiger partial charge in [0.1, 0.15) is 11.6 Å². The van der Waals surface area contributed by atoms with Crippen LogP contribution < -0.4 is 16.2 Å². The van der Waals surface area contributed by atoms with Crippen LogP contribution >= 0.6 is 0 Å². The molecule has 0 aliphatic rings. The molecule has 8 heteroatoms. The fourth-order valence-electron chi connectivity index (χ4n) is 1.77. The maximum Gasteiger partial charge on any atom is 0.209 e. The molecule has 112 valence electrons. The molecule has 7 nitrogen and oxygen atoms in total. The average molecular weight is 307 g/mol. The highest BCUT2D eigenvalue weighted by Crippen LogP contribution is 2.20. The van der Waals surface area contributed by atoms with Gasteiger partial charge in [-0.3, -0.25) is 4.98 Å². The molecule has 2 heterocycles. The molecule has 21 heavy (non-hydrogen) atoms. The highest BCUT2D eigenvalue weighted by molar-refractivity contribution is 7.89. The maximum atomic E-state index is 11.0. The molecule has 2 aromatic heterocycles. The molecule has 2 aromatic rings. The van der Waals surface area contributed by atoms with Gasteiger partial charge in [0.15, 0.2) is 0 Å². The van der Waals surface area contributed by atoms with E-state index >= 15 is 0 Å². The van der Waals surface area contributed by atoms with Gasteiger partial charge in [-0.05, 0) is 36.6 Å². The number of aryl methyl sites for hydroxylation is 2. The van der Waals surface area contributed by atoms with Gasteiger partial charge in [0.2, 0.25) is 10.0 Å². The molecule has 0 bridgehead atoms. The van der Waals surface area contributed by atoms with E-state index in [2.05, 4.69) is 15.3 Å². The summed E-state index contributed by atoms with van der Waals surface area (Å²) >= 11 is 0. The van der Waals surface area contributed by atoms with E-state index in [1.54, 1.807) is 24.5 Å². The van der Waals surface area contributed by atoms with Crippen molar-refractivity contribution in [3.8, 4) is 0 Å². The second-order valence-electron chi connectivity index (χ2n) is 4.67. The first-order valence-corrected chi connectivity index (χ1v) is 8.00. The van der Waals surface area contributed by atoms with Gasteiger partial charge in [0.05, 0.1) is 17.6 Å². The van der Waals surface area contributed by atoms with Gasteiger partial charge < -0.3 is 11.1 Å². The van der Waals surface area contributed by atoms with Gasteiger partial charge in [-0.2, -0.15) is 0 Å². The van der Waals surface area contributed by atoms with Gasteiger partial charge in [0, 0.05) is 6.20 Å². The lowest BCUT2D eigenvalue weighted by atomic mass is 10.2. The van der Waals surface area contributed by atoms with E-state index < -0.39 is 10.0 Å². The van der Waals surface area contributed by atoms with Gasteiger partial charge in [-0.15, -0.1) is 0 Å². The first kappa shape index (κ1) is 15.2. The molecule has 0 atom stereocenters. The standard InChI is InChI=1S/C13H17N5O2S/c1-9-4-6-16-8-11(9)17-12-3-2-10(13(14)18-12)5-7-21(15,19)20/h2-4,6,8H,5,7H2,1H3,(H3,14,17,18)(H2,15,19,20). The molecule has 0 spiro atoms. The Morgan fingerprint density at radius 3 is 2.67 bits per heavy atom. The van der Waals surface area contributed by atoms with Crippen LogP contribution in [0.15, 0.2) is 30.6 Å². The predicted octanol–water partition coefficient (Wildman–Crippen LogP) is 0.942. The fourth-order valence-corrected chi connectivity index (χ4v) is 2.27. The van der Waals surface area contributed by atoms with Gasteiger partial charge in [-0.1, -0.05) is 6.07 Å². The van der Waals surface area contributed by atoms with Crippen molar-refractivity contribution in [1.29, 1.82) is 0 Å². The molecule has 2 rings (SSSR count). The number of aromatic nitrogens is 2. The molecule has 0 amide bonds. The van der Waals surface area contributed by atoms with Crippen molar-refractivity contribution in [3.63, 3.8) is 0 Å². The van der Waals surface area contributed by atoms with E-state index in [1.165, 1.54) is 0 Å². The molecule has 0 saturated carbocycles. The molecule has 0 aliphatic carbocycles. The molecule has 0 saturated heterocycles. The van der Waals surface area contributed by atoms with Gasteiger partial charge >= 0.3 is 0 Å². The number of sulfonamides is 1. The monoisotopic (exact) mass is 307 g/mol. The first-order valence-electron chi connectivity index (χ1n) is 6.28. The lowest BCUT2D eigenvalue weighted by Crippen LogP contribution is -2.18. The number of primary sulfonamides is 1. The van der Waals surface area contributed by atoms with Gasteiger partial charge in [0.25, 0.3) is 0 Å². The second kappa shape index (κ2) is 6.06. The molecule has 0 aromatic carbocycles. The fraction of sp³-hybridized carbons (Fsp3) is 0.231. The van der Waals surface area contributed by atoms with Crippen molar-refractivity contribution in [2.75, 3.05) is 16.8 Å². The number of hydrogen-bond donors (Lipinski definition) is 3. The summed E-state index contributed by atoms with van der Waals surface area (Å²) in [6.45, 7) is 1.95. The minimum atomic E-state index is -3.51. The smallest absolute Gasteiger partial charge is 0.209 e. The highest BCUT2D eigenvalue weighted by Gasteiger charge is 2.08. The average Bonchev–Trinajstić information content (AvgIpc) is 2.39. The Labute approximate surface area is 123 Å². The maximum absolute atomic E-state index is 11.0. The van der Waals surface area contributed by atoms with E-state index in [0.717, 1.165) is 11.3 Å². The third-order valence-corrected chi connectivity index (χ3v) is 3.74. The molecule has 0 unspecified atom stereocenters. The van der Waals surface area contributed by atoms with Crippen molar-refractivity contribution in [3.05, 3.63) is 41.7 Å². The summed E-state index contributed by atoms with van der Waals surface area (Å²) in [7, 11) is -3.51. The number of nitrogen functional groups attached to an aromatic ring is 1. The number of hydrogen-bond acceptors (Lipinski definition) is 6. The van der Waals surface area contributed by atoms with E-state index in [9.17, 15) is 8.42 Å². The quantitative estimate of drug-likeness (QED) is 0.755. The zero-order chi connectivity index (χ0) is 15.5. The Bertz CT molecular complexity index is 746. The lowest BCUT2D eigenvalue weighted by Gasteiger charge is -2.10. The minimum absolute atomic E-state index is 0.159. The molecule has 0 fully saturated rings. The number of nitrogens with one attached hydrogen (secondary N) is 1. The SMILES string of the molecule is Cc1ccncc1Nc1ccc(CCS(N)(=O)=O)c(N)n1. The topological polar surface area (TPSA) is 124 Å². The lowest BCUT2D eigenvalue weighted by molar-refractivity contribution is 0.597. The molecule has 0 aliphatic heterocycles. The van der Waals surface area contributed by atoms with Crippen LogP contribution in [-0.2, 0) is 16.4 Å². The Balaban J connectivity index is 2.14. The minimum Gasteiger partial charge on any atom is -0.383 e. The summed E-state index contributed by atoms with van der Waals surface area (Å²) in [6.07, 6.45) is 3.64. The number of nitrogens with zero attached hydrogens (tertiary/aromatic N) is 2. The summed E-state index contributed by atoms with van der Waals surface area (Å²) in [6, 6.07) is 5.36. The van der Waals surface area contributed by atoms with E-state index in [1.807, 2.05) is 13.0 Å². The zero-order valence-corrected chi connectivity index (χ0v) is 12.4. The van der Waals surface area contributed by atoms with Crippen LogP contribution in [-0.4, -0.2) is 24.1 Å². The normalized spacial score (nSPS) is 11.3. The molecule has 5 N–H and O–H groups in total. The number of rotatable bonds is 5. The molecular weight excluding hydrogens is 290 g/mol. The summed E-state index contributed by atoms with van der Waals surface area (Å²) in [5, 5.41) is 8.09. The Kier molecular flexibility index (Phi) is 4.39. The third kappa shape index (κ3) is 4.40. The number of anilines is 3. The van der Waals surface area contributed by atoms with Crippen molar-refractivity contribution >= 4 is 27.3 Å². The highest BCUT2D eigenvalue weighted by atomic mass is 32.2. The third-order valence-electron chi connectivity index (χ3n) is 2.97. The van der Waals surface area contributed by atoms with Crippen LogP contribution in [0.2, 0.25) is 0 Å². The second-order valence-corrected chi connectivity index (χ2v) is 6.41. The van der Waals surface area contributed by atoms with Crippen LogP contribution in [0.3, 0.4) is 0 Å². The zero-order valence-electron chi connectivity index (χ0n) is 11.6. The molecule has 0 radical (unpaired) electrons. The predicted molar refractivity (Wildman–Crippen MR) is 82.6 cm³/mol. The van der Waals surface area contributed by atoms with Crippen LogP contribution in [0, 0.1) is 6.92 Å². The van der Waals surface area contributed by atoms with E-state index in [0.29, 0.717) is 11.4 Å². The van der Waals surface area contributed by atoms with Crippen LogP contribution in [0.1, 0.15) is 11.1 Å². The van der Waals surface area contributed by atoms with Crippen molar-refractivity contribution in [2.45, 2.75) is 13.3 Å². The summed E-state index contributed by atoms with van der Waals surface area (Å²) < 4.78 is 21.9. The van der Waals surface area contributed by atoms with E-state index in [4.69, 9.17) is 10.9 Å². The first-order chi connectivity index (χ1) is 9.85. The summed E-state index contributed by atoms with van der Waals surface area (Å²) in [5.41, 5.74) is 8.36. The number of nitrogens with two attached hydrogens (primary N) is 2. The van der Waals surface area contributed by atoms with E-state index in [-0.39, 0.29) is 18.0 Å². The summed E-state index contributed by atoms with van der Waals surface area (Å²) in [5.74, 6) is 0.695. The van der Waals surface area contributed by atoms with Crippen molar-refractivity contribution < 1.29 is 8.42 Å².